The Hall–Kier alpha value is -4.54. The van der Waals surface area contributed by atoms with Crippen LogP contribution in [0.25, 0.3) is 5.69 Å². The van der Waals surface area contributed by atoms with E-state index in [2.05, 4.69) is 15.7 Å². The van der Waals surface area contributed by atoms with E-state index in [0.717, 1.165) is 17.3 Å². The third kappa shape index (κ3) is 6.08. The molecule has 2 N–H and O–H groups in total. The van der Waals surface area contributed by atoms with E-state index in [4.69, 9.17) is 4.74 Å². The van der Waals surface area contributed by atoms with Crippen LogP contribution in [0.5, 0.6) is 0 Å². The Balaban J connectivity index is 1.56. The molecule has 3 rings (SSSR count). The van der Waals surface area contributed by atoms with E-state index in [1.54, 1.807) is 11.6 Å². The molecule has 0 unspecified atom stereocenters. The summed E-state index contributed by atoms with van der Waals surface area (Å²) in [6, 6.07) is 11.8. The monoisotopic (exact) mass is 479 g/mol. The van der Waals surface area contributed by atoms with Crippen LogP contribution in [0.4, 0.5) is 11.4 Å². The maximum atomic E-state index is 12.4. The van der Waals surface area contributed by atoms with Crippen molar-refractivity contribution < 1.29 is 24.0 Å². The molecule has 11 nitrogen and oxygen atoms in total. The molecular weight excluding hydrogens is 454 g/mol. The fourth-order valence-corrected chi connectivity index (χ4v) is 3.30. The maximum Gasteiger partial charge on any atom is 0.328 e. The average Bonchev–Trinajstić information content (AvgIpc) is 3.11. The van der Waals surface area contributed by atoms with Crippen molar-refractivity contribution in [1.29, 1.82) is 0 Å². The van der Waals surface area contributed by atoms with Gasteiger partial charge in [-0.05, 0) is 45.9 Å². The third-order valence-corrected chi connectivity index (χ3v) is 5.20. The number of non-ortho nitro benzene ring substituents is 1. The molecule has 0 spiro atoms. The summed E-state index contributed by atoms with van der Waals surface area (Å²) < 4.78 is 6.73. The lowest BCUT2D eigenvalue weighted by atomic mass is 10.2. The highest BCUT2D eigenvalue weighted by atomic mass is 16.6. The number of nitrogens with one attached hydrogen (secondary N) is 2. The fourth-order valence-electron chi connectivity index (χ4n) is 3.30. The second-order valence-corrected chi connectivity index (χ2v) is 7.95. The molecule has 1 heterocycles. The predicted octanol–water partition coefficient (Wildman–Crippen LogP) is 3.01. The molecule has 35 heavy (non-hydrogen) atoms. The summed E-state index contributed by atoms with van der Waals surface area (Å²) >= 11 is 0. The van der Waals surface area contributed by atoms with Gasteiger partial charge in [-0.3, -0.25) is 19.7 Å². The number of anilines is 1. The highest BCUT2D eigenvalue weighted by molar-refractivity contribution is 5.98. The predicted molar refractivity (Wildman–Crippen MR) is 127 cm³/mol. The van der Waals surface area contributed by atoms with Gasteiger partial charge >= 0.3 is 5.97 Å². The summed E-state index contributed by atoms with van der Waals surface area (Å²) in [5, 5.41) is 20.4. The van der Waals surface area contributed by atoms with E-state index in [9.17, 15) is 24.5 Å². The summed E-state index contributed by atoms with van der Waals surface area (Å²) in [6.07, 6.45) is 0. The maximum absolute atomic E-state index is 12.4. The van der Waals surface area contributed by atoms with E-state index in [1.165, 1.54) is 25.1 Å². The summed E-state index contributed by atoms with van der Waals surface area (Å²) in [5.74, 6) is -2.08. The number of nitrogens with zero attached hydrogens (tertiary/aromatic N) is 3. The molecule has 0 fully saturated rings. The molecule has 2 aromatic carbocycles. The van der Waals surface area contributed by atoms with Crippen LogP contribution in [0.3, 0.4) is 0 Å². The number of nitro groups is 1. The van der Waals surface area contributed by atoms with Gasteiger partial charge < -0.3 is 15.4 Å². The molecule has 2 amide bonds. The van der Waals surface area contributed by atoms with Crippen LogP contribution in [0.1, 0.15) is 34.2 Å². The molecule has 0 saturated heterocycles. The first-order chi connectivity index (χ1) is 16.6. The number of carbonyl (C=O) groups excluding carboxylic acids is 3. The zero-order valence-corrected chi connectivity index (χ0v) is 19.7. The minimum atomic E-state index is -1.08. The highest BCUT2D eigenvalue weighted by Gasteiger charge is 2.21. The molecule has 0 aliphatic rings. The minimum absolute atomic E-state index is 0.0214. The lowest BCUT2D eigenvalue weighted by Gasteiger charge is -2.13. The number of ether oxygens (including phenoxy) is 1. The number of hydrogen-bond acceptors (Lipinski definition) is 7. The SMILES string of the molecule is Cc1ccc(-n2nc(C)c(NC(=O)COC(=O)[C@H](C)NC(=O)c3cccc([N+](=O)[O-])c3)c2C)cc1. The fraction of sp³-hybridized carbons (Fsp3) is 0.250. The van der Waals surface area contributed by atoms with Crippen molar-refractivity contribution in [2.45, 2.75) is 33.7 Å². The normalized spacial score (nSPS) is 11.4. The summed E-state index contributed by atoms with van der Waals surface area (Å²) in [7, 11) is 0. The Morgan fingerprint density at radius 3 is 2.46 bits per heavy atom. The van der Waals surface area contributed by atoms with Gasteiger partial charge in [0.2, 0.25) is 0 Å². The van der Waals surface area contributed by atoms with Gasteiger partial charge in [0.15, 0.2) is 6.61 Å². The van der Waals surface area contributed by atoms with Gasteiger partial charge in [-0.25, -0.2) is 9.48 Å². The van der Waals surface area contributed by atoms with Gasteiger partial charge in [-0.2, -0.15) is 5.10 Å². The van der Waals surface area contributed by atoms with E-state index in [0.29, 0.717) is 17.1 Å². The summed E-state index contributed by atoms with van der Waals surface area (Å²) in [4.78, 5) is 47.2. The largest absolute Gasteiger partial charge is 0.454 e. The number of nitro benzene ring substituents is 1. The Morgan fingerprint density at radius 1 is 1.11 bits per heavy atom. The van der Waals surface area contributed by atoms with Crippen molar-refractivity contribution in [3.05, 3.63) is 81.2 Å². The topological polar surface area (TPSA) is 145 Å². The van der Waals surface area contributed by atoms with Gasteiger partial charge in [0, 0.05) is 17.7 Å². The van der Waals surface area contributed by atoms with Crippen molar-refractivity contribution in [3.8, 4) is 5.69 Å². The number of amides is 2. The number of esters is 1. The van der Waals surface area contributed by atoms with Crippen molar-refractivity contribution in [3.63, 3.8) is 0 Å². The van der Waals surface area contributed by atoms with Gasteiger partial charge in [-0.15, -0.1) is 0 Å². The third-order valence-electron chi connectivity index (χ3n) is 5.20. The van der Waals surface area contributed by atoms with Crippen molar-refractivity contribution in [1.82, 2.24) is 15.1 Å². The second-order valence-electron chi connectivity index (χ2n) is 7.95. The van der Waals surface area contributed by atoms with Crippen LogP contribution < -0.4 is 10.6 Å². The Morgan fingerprint density at radius 2 is 1.80 bits per heavy atom. The zero-order chi connectivity index (χ0) is 25.7. The lowest BCUT2D eigenvalue weighted by molar-refractivity contribution is -0.384. The molecule has 0 aliphatic carbocycles. The Labute approximate surface area is 201 Å². The van der Waals surface area contributed by atoms with E-state index in [1.807, 2.05) is 38.1 Å². The molecule has 0 saturated carbocycles. The molecule has 1 aromatic heterocycles. The van der Waals surface area contributed by atoms with Crippen molar-refractivity contribution in [2.75, 3.05) is 11.9 Å². The number of rotatable bonds is 8. The van der Waals surface area contributed by atoms with E-state index in [-0.39, 0.29) is 11.3 Å². The number of benzene rings is 2. The Kier molecular flexibility index (Phi) is 7.59. The average molecular weight is 479 g/mol. The molecule has 0 bridgehead atoms. The van der Waals surface area contributed by atoms with Crippen molar-refractivity contribution in [2.24, 2.45) is 0 Å². The molecular formula is C24H25N5O6. The van der Waals surface area contributed by atoms with Crippen LogP contribution in [0.15, 0.2) is 48.5 Å². The Bertz CT molecular complexity index is 1280. The summed E-state index contributed by atoms with van der Waals surface area (Å²) in [5.41, 5.74) is 3.55. The van der Waals surface area contributed by atoms with Crippen LogP contribution in [0.2, 0.25) is 0 Å². The lowest BCUT2D eigenvalue weighted by Crippen LogP contribution is -2.40. The number of carbonyl (C=O) groups is 3. The van der Waals surface area contributed by atoms with Gasteiger partial charge in [0.1, 0.15) is 6.04 Å². The number of aryl methyl sites for hydroxylation is 2. The van der Waals surface area contributed by atoms with Crippen LogP contribution in [-0.4, -0.2) is 45.1 Å². The number of hydrogen-bond donors (Lipinski definition) is 2. The van der Waals surface area contributed by atoms with Crippen LogP contribution in [0, 0.1) is 30.9 Å². The second kappa shape index (κ2) is 10.6. The number of aromatic nitrogens is 2. The first-order valence-corrected chi connectivity index (χ1v) is 10.7. The molecule has 1 atom stereocenters. The smallest absolute Gasteiger partial charge is 0.328 e. The molecule has 0 aliphatic heterocycles. The minimum Gasteiger partial charge on any atom is -0.454 e. The van der Waals surface area contributed by atoms with Gasteiger partial charge in [-0.1, -0.05) is 23.8 Å². The van der Waals surface area contributed by atoms with Gasteiger partial charge in [0.25, 0.3) is 17.5 Å². The standard InChI is InChI=1S/C24H25N5O6/c1-14-8-10-19(11-9-14)28-17(4)22(15(2)27-28)26-21(30)13-35-24(32)16(3)25-23(31)18-6-5-7-20(12-18)29(33)34/h5-12,16H,13H2,1-4H3,(H,25,31)(H,26,30)/t16-/m0/s1. The van der Waals surface area contributed by atoms with Crippen molar-refractivity contribution >= 4 is 29.2 Å². The molecule has 3 aromatic rings. The molecule has 0 radical (unpaired) electrons. The van der Waals surface area contributed by atoms with E-state index >= 15 is 0 Å². The quantitative estimate of drug-likeness (QED) is 0.287. The zero-order valence-electron chi connectivity index (χ0n) is 19.7. The molecule has 11 heteroatoms. The first-order valence-electron chi connectivity index (χ1n) is 10.7. The van der Waals surface area contributed by atoms with Gasteiger partial charge in [0.05, 0.1) is 27.7 Å². The van der Waals surface area contributed by atoms with E-state index < -0.39 is 35.4 Å². The summed E-state index contributed by atoms with van der Waals surface area (Å²) in [6.45, 7) is 6.37. The van der Waals surface area contributed by atoms with Crippen LogP contribution >= 0.6 is 0 Å². The van der Waals surface area contributed by atoms with Crippen LogP contribution in [-0.2, 0) is 14.3 Å². The molecule has 182 valence electrons. The first kappa shape index (κ1) is 25.1. The highest BCUT2D eigenvalue weighted by Crippen LogP contribution is 2.23.